The van der Waals surface area contributed by atoms with Gasteiger partial charge in [-0.2, -0.15) is 0 Å². The summed E-state index contributed by atoms with van der Waals surface area (Å²) in [5.41, 5.74) is 1.09. The molecule has 2 aromatic rings. The first-order chi connectivity index (χ1) is 12.7. The quantitative estimate of drug-likeness (QED) is 0.857. The molecule has 0 unspecified atom stereocenters. The van der Waals surface area contributed by atoms with E-state index in [2.05, 4.69) is 20.9 Å². The second-order valence-corrected chi connectivity index (χ2v) is 8.20. The van der Waals surface area contributed by atoms with Crippen LogP contribution in [0.3, 0.4) is 0 Å². The summed E-state index contributed by atoms with van der Waals surface area (Å²) in [5.74, 6) is 0.779. The van der Waals surface area contributed by atoms with E-state index < -0.39 is 0 Å². The van der Waals surface area contributed by atoms with Gasteiger partial charge in [0, 0.05) is 42.3 Å². The summed E-state index contributed by atoms with van der Waals surface area (Å²) in [4.78, 5) is 15.0. The number of aryl methyl sites for hydroxylation is 1. The van der Waals surface area contributed by atoms with Crippen molar-refractivity contribution in [2.45, 2.75) is 51.1 Å². The summed E-state index contributed by atoms with van der Waals surface area (Å²) in [6.45, 7) is 4.02. The maximum atomic E-state index is 12.4. The van der Waals surface area contributed by atoms with Crippen LogP contribution in [0.5, 0.6) is 0 Å². The number of aromatic nitrogens is 1. The van der Waals surface area contributed by atoms with E-state index in [0.717, 1.165) is 22.5 Å². The Bertz CT molecular complexity index is 770. The zero-order valence-electron chi connectivity index (χ0n) is 15.3. The fourth-order valence-corrected chi connectivity index (χ4v) is 4.89. The van der Waals surface area contributed by atoms with Gasteiger partial charge in [-0.15, -0.1) is 0 Å². The van der Waals surface area contributed by atoms with E-state index in [9.17, 15) is 4.79 Å². The lowest BCUT2D eigenvalue weighted by atomic mass is 9.83. The smallest absolute Gasteiger partial charge is 0.221 e. The highest BCUT2D eigenvalue weighted by Gasteiger charge is 2.32. The van der Waals surface area contributed by atoms with Crippen molar-refractivity contribution in [3.05, 3.63) is 35.5 Å². The van der Waals surface area contributed by atoms with Crippen LogP contribution in [0.4, 0.5) is 0 Å². The molecular weight excluding hydrogens is 346 g/mol. The number of hydrogen-bond donors (Lipinski definition) is 1. The van der Waals surface area contributed by atoms with Gasteiger partial charge in [0.05, 0.1) is 0 Å². The molecule has 26 heavy (non-hydrogen) atoms. The Morgan fingerprint density at radius 3 is 2.96 bits per heavy atom. The molecule has 4 rings (SSSR count). The van der Waals surface area contributed by atoms with Crippen LogP contribution in [0.2, 0.25) is 5.02 Å². The van der Waals surface area contributed by atoms with Gasteiger partial charge in [-0.1, -0.05) is 24.1 Å². The molecule has 1 aromatic carbocycles. The van der Waals surface area contributed by atoms with Gasteiger partial charge >= 0.3 is 0 Å². The first-order valence-corrected chi connectivity index (χ1v) is 10.3. The van der Waals surface area contributed by atoms with E-state index >= 15 is 0 Å². The van der Waals surface area contributed by atoms with Crippen molar-refractivity contribution in [2.75, 3.05) is 19.6 Å². The highest BCUT2D eigenvalue weighted by molar-refractivity contribution is 6.31. The number of carbonyl (C=O) groups is 1. The zero-order valence-corrected chi connectivity index (χ0v) is 16.0. The molecule has 4 nitrogen and oxygen atoms in total. The Morgan fingerprint density at radius 2 is 2.04 bits per heavy atom. The molecule has 2 atom stereocenters. The van der Waals surface area contributed by atoms with Gasteiger partial charge in [-0.3, -0.25) is 4.79 Å². The van der Waals surface area contributed by atoms with Gasteiger partial charge in [0.2, 0.25) is 5.91 Å². The largest absolute Gasteiger partial charge is 0.356 e. The molecule has 1 amide bonds. The Morgan fingerprint density at radius 1 is 1.15 bits per heavy atom. The average molecular weight is 374 g/mol. The molecule has 0 spiro atoms. The number of benzene rings is 1. The fraction of sp³-hybridized carbons (Fsp3) is 0.571. The van der Waals surface area contributed by atoms with Gasteiger partial charge in [0.25, 0.3) is 0 Å². The summed E-state index contributed by atoms with van der Waals surface area (Å²) < 4.78 is 2.12. The first-order valence-electron chi connectivity index (χ1n) is 9.96. The van der Waals surface area contributed by atoms with Gasteiger partial charge in [-0.25, -0.2) is 0 Å². The molecule has 2 saturated heterocycles. The fourth-order valence-electron chi connectivity index (χ4n) is 4.72. The third-order valence-electron chi connectivity index (χ3n) is 6.11. The first kappa shape index (κ1) is 17.9. The Kier molecular flexibility index (Phi) is 5.51. The standard InChI is InChI=1S/C21H28ClN3O/c22-18-7-6-16-8-12-25(20(16)14-18)13-9-21(26)23-15-17-4-3-11-24-10-2-1-5-19(17)24/h6-8,12,14,17,19H,1-5,9-11,13,15H2,(H,23,26)/t17-,19-/m1/s1. The minimum atomic E-state index is 0.154. The van der Waals surface area contributed by atoms with E-state index in [0.29, 0.717) is 24.9 Å². The second-order valence-electron chi connectivity index (χ2n) is 7.77. The van der Waals surface area contributed by atoms with E-state index in [1.165, 1.54) is 45.2 Å². The van der Waals surface area contributed by atoms with Crippen molar-refractivity contribution >= 4 is 28.4 Å². The third kappa shape index (κ3) is 3.91. The maximum Gasteiger partial charge on any atom is 0.221 e. The van der Waals surface area contributed by atoms with Crippen molar-refractivity contribution < 1.29 is 4.79 Å². The summed E-state index contributed by atoms with van der Waals surface area (Å²) >= 11 is 6.11. The van der Waals surface area contributed by atoms with E-state index in [4.69, 9.17) is 11.6 Å². The second kappa shape index (κ2) is 8.01. The van der Waals surface area contributed by atoms with Crippen LogP contribution in [-0.4, -0.2) is 41.1 Å². The molecule has 0 saturated carbocycles. The highest BCUT2D eigenvalue weighted by atomic mass is 35.5. The Hall–Kier alpha value is -1.52. The lowest BCUT2D eigenvalue weighted by Crippen LogP contribution is -2.51. The molecule has 140 valence electrons. The van der Waals surface area contributed by atoms with Crippen molar-refractivity contribution in [2.24, 2.45) is 5.92 Å². The lowest BCUT2D eigenvalue weighted by molar-refractivity contribution is -0.121. The molecule has 0 radical (unpaired) electrons. The summed E-state index contributed by atoms with van der Waals surface area (Å²) in [6, 6.07) is 8.65. The molecule has 0 aliphatic carbocycles. The number of carbonyl (C=O) groups excluding carboxylic acids is 1. The van der Waals surface area contributed by atoms with Gasteiger partial charge < -0.3 is 14.8 Å². The van der Waals surface area contributed by atoms with Crippen molar-refractivity contribution in [3.63, 3.8) is 0 Å². The molecule has 0 bridgehead atoms. The predicted octanol–water partition coefficient (Wildman–Crippen LogP) is 4.07. The Labute approximate surface area is 160 Å². The zero-order chi connectivity index (χ0) is 17.9. The van der Waals surface area contributed by atoms with Gasteiger partial charge in [0.15, 0.2) is 0 Å². The third-order valence-corrected chi connectivity index (χ3v) is 6.34. The minimum Gasteiger partial charge on any atom is -0.356 e. The number of nitrogens with one attached hydrogen (secondary N) is 1. The molecule has 1 N–H and O–H groups in total. The van der Waals surface area contributed by atoms with Crippen LogP contribution in [0.15, 0.2) is 30.5 Å². The maximum absolute atomic E-state index is 12.4. The molecule has 2 aliphatic rings. The number of halogens is 1. The van der Waals surface area contributed by atoms with Gasteiger partial charge in [-0.05, 0) is 68.3 Å². The molecular formula is C21H28ClN3O. The molecule has 3 heterocycles. The molecule has 5 heteroatoms. The summed E-state index contributed by atoms with van der Waals surface area (Å²) in [6.07, 6.45) is 9.05. The van der Waals surface area contributed by atoms with Gasteiger partial charge in [0.1, 0.15) is 0 Å². The number of piperidine rings is 2. The minimum absolute atomic E-state index is 0.154. The Balaban J connectivity index is 1.29. The van der Waals surface area contributed by atoms with E-state index in [1.807, 2.05) is 24.4 Å². The van der Waals surface area contributed by atoms with Crippen LogP contribution in [0.1, 0.15) is 38.5 Å². The SMILES string of the molecule is O=C(CCn1ccc2ccc(Cl)cc21)NC[C@H]1CCCN2CCCC[C@H]12. The monoisotopic (exact) mass is 373 g/mol. The number of fused-ring (bicyclic) bond motifs is 2. The van der Waals surface area contributed by atoms with Crippen LogP contribution in [-0.2, 0) is 11.3 Å². The van der Waals surface area contributed by atoms with E-state index in [1.54, 1.807) is 0 Å². The summed E-state index contributed by atoms with van der Waals surface area (Å²) in [5, 5.41) is 5.10. The van der Waals surface area contributed by atoms with Crippen molar-refractivity contribution in [3.8, 4) is 0 Å². The van der Waals surface area contributed by atoms with Crippen LogP contribution in [0.25, 0.3) is 10.9 Å². The summed E-state index contributed by atoms with van der Waals surface area (Å²) in [7, 11) is 0. The van der Waals surface area contributed by atoms with Crippen molar-refractivity contribution in [1.82, 2.24) is 14.8 Å². The van der Waals surface area contributed by atoms with Crippen LogP contribution < -0.4 is 5.32 Å². The molecule has 2 fully saturated rings. The molecule has 1 aromatic heterocycles. The van der Waals surface area contributed by atoms with Crippen LogP contribution in [0, 0.1) is 5.92 Å². The molecule has 2 aliphatic heterocycles. The number of hydrogen-bond acceptors (Lipinski definition) is 2. The highest BCUT2D eigenvalue weighted by Crippen LogP contribution is 2.30. The number of rotatable bonds is 5. The topological polar surface area (TPSA) is 37.3 Å². The average Bonchev–Trinajstić information content (AvgIpc) is 3.06. The number of amides is 1. The number of nitrogens with zero attached hydrogens (tertiary/aromatic N) is 2. The lowest BCUT2D eigenvalue weighted by Gasteiger charge is -2.44. The van der Waals surface area contributed by atoms with Crippen LogP contribution >= 0.6 is 11.6 Å². The normalized spacial score (nSPS) is 23.7. The van der Waals surface area contributed by atoms with Crippen molar-refractivity contribution in [1.29, 1.82) is 0 Å². The van der Waals surface area contributed by atoms with E-state index in [-0.39, 0.29) is 5.91 Å². The predicted molar refractivity (Wildman–Crippen MR) is 107 cm³/mol.